The molecule has 0 aliphatic rings. The molecule has 0 spiro atoms. The fourth-order valence-corrected chi connectivity index (χ4v) is 1.53. The molecule has 2 heteroatoms. The average molecular weight is 231 g/mol. The van der Waals surface area contributed by atoms with Gasteiger partial charge in [-0.1, -0.05) is 39.0 Å². The maximum absolute atomic E-state index is 11.6. The van der Waals surface area contributed by atoms with E-state index in [2.05, 4.69) is 37.4 Å². The lowest BCUT2D eigenvalue weighted by molar-refractivity contribution is -0.111. The second kappa shape index (κ2) is 6.24. The SMILES string of the molecule is CC/C=C/C(=O)Nc1cc(C(C)C)ccc1C. The predicted molar refractivity (Wildman–Crippen MR) is 73.3 cm³/mol. The zero-order valence-electron chi connectivity index (χ0n) is 11.1. The van der Waals surface area contributed by atoms with Gasteiger partial charge in [-0.15, -0.1) is 0 Å². The highest BCUT2D eigenvalue weighted by Crippen LogP contribution is 2.22. The number of aryl methyl sites for hydroxylation is 1. The number of nitrogens with one attached hydrogen (secondary N) is 1. The summed E-state index contributed by atoms with van der Waals surface area (Å²) in [4.78, 5) is 11.6. The quantitative estimate of drug-likeness (QED) is 0.779. The second-order valence-corrected chi connectivity index (χ2v) is 4.53. The summed E-state index contributed by atoms with van der Waals surface area (Å²) in [5, 5.41) is 2.91. The van der Waals surface area contributed by atoms with E-state index < -0.39 is 0 Å². The summed E-state index contributed by atoms with van der Waals surface area (Å²) in [5.74, 6) is 0.410. The fourth-order valence-electron chi connectivity index (χ4n) is 1.53. The number of rotatable bonds is 4. The largest absolute Gasteiger partial charge is 0.322 e. The molecule has 0 aliphatic heterocycles. The van der Waals surface area contributed by atoms with Gasteiger partial charge in [-0.25, -0.2) is 0 Å². The summed E-state index contributed by atoms with van der Waals surface area (Å²) in [7, 11) is 0. The Labute approximate surface area is 104 Å². The summed E-state index contributed by atoms with van der Waals surface area (Å²) in [6.07, 6.45) is 4.32. The van der Waals surface area contributed by atoms with Gasteiger partial charge in [0.2, 0.25) is 5.91 Å². The van der Waals surface area contributed by atoms with E-state index in [0.717, 1.165) is 17.7 Å². The van der Waals surface area contributed by atoms with E-state index in [1.54, 1.807) is 6.08 Å². The first kappa shape index (κ1) is 13.5. The molecular formula is C15H21NO. The molecule has 0 fully saturated rings. The van der Waals surface area contributed by atoms with Crippen molar-refractivity contribution in [2.45, 2.75) is 40.0 Å². The smallest absolute Gasteiger partial charge is 0.248 e. The average Bonchev–Trinajstić information content (AvgIpc) is 2.29. The van der Waals surface area contributed by atoms with Crippen molar-refractivity contribution in [3.05, 3.63) is 41.5 Å². The zero-order valence-corrected chi connectivity index (χ0v) is 11.1. The molecule has 1 amide bonds. The van der Waals surface area contributed by atoms with Gasteiger partial charge in [-0.3, -0.25) is 4.79 Å². The van der Waals surface area contributed by atoms with Gasteiger partial charge in [-0.2, -0.15) is 0 Å². The van der Waals surface area contributed by atoms with Gasteiger partial charge < -0.3 is 5.32 Å². The maximum atomic E-state index is 11.6. The lowest BCUT2D eigenvalue weighted by Gasteiger charge is -2.11. The van der Waals surface area contributed by atoms with E-state index in [9.17, 15) is 4.79 Å². The minimum Gasteiger partial charge on any atom is -0.322 e. The first-order valence-corrected chi connectivity index (χ1v) is 6.12. The van der Waals surface area contributed by atoms with Crippen molar-refractivity contribution in [3.63, 3.8) is 0 Å². The standard InChI is InChI=1S/C15H21NO/c1-5-6-7-15(17)16-14-10-13(11(2)3)9-8-12(14)4/h6-11H,5H2,1-4H3,(H,16,17)/b7-6+. The van der Waals surface area contributed by atoms with Gasteiger partial charge in [0.1, 0.15) is 0 Å². The number of benzene rings is 1. The number of carbonyl (C=O) groups is 1. The molecule has 0 radical (unpaired) electrons. The van der Waals surface area contributed by atoms with Gasteiger partial charge in [0.15, 0.2) is 0 Å². The third kappa shape index (κ3) is 4.06. The third-order valence-corrected chi connectivity index (χ3v) is 2.69. The Hall–Kier alpha value is -1.57. The van der Waals surface area contributed by atoms with E-state index in [4.69, 9.17) is 0 Å². The molecule has 0 heterocycles. The van der Waals surface area contributed by atoms with E-state index in [1.807, 2.05) is 19.9 Å². The van der Waals surface area contributed by atoms with Crippen LogP contribution in [0.3, 0.4) is 0 Å². The van der Waals surface area contributed by atoms with Crippen molar-refractivity contribution in [2.24, 2.45) is 0 Å². The van der Waals surface area contributed by atoms with Crippen LogP contribution in [0.5, 0.6) is 0 Å². The van der Waals surface area contributed by atoms with E-state index in [0.29, 0.717) is 5.92 Å². The number of carbonyl (C=O) groups excluding carboxylic acids is 1. The normalized spacial score (nSPS) is 11.1. The molecular weight excluding hydrogens is 210 g/mol. The minimum absolute atomic E-state index is 0.0594. The fraction of sp³-hybridized carbons (Fsp3) is 0.400. The molecule has 0 bridgehead atoms. The molecule has 0 aliphatic carbocycles. The monoisotopic (exact) mass is 231 g/mol. The lowest BCUT2D eigenvalue weighted by Crippen LogP contribution is -2.09. The Morgan fingerprint density at radius 2 is 2.12 bits per heavy atom. The minimum atomic E-state index is -0.0594. The second-order valence-electron chi connectivity index (χ2n) is 4.53. The molecule has 0 saturated carbocycles. The van der Waals surface area contributed by atoms with E-state index >= 15 is 0 Å². The topological polar surface area (TPSA) is 29.1 Å². The third-order valence-electron chi connectivity index (χ3n) is 2.69. The number of hydrogen-bond donors (Lipinski definition) is 1. The van der Waals surface area contributed by atoms with Crippen molar-refractivity contribution in [3.8, 4) is 0 Å². The molecule has 0 aromatic heterocycles. The molecule has 1 aromatic rings. The molecule has 92 valence electrons. The van der Waals surface area contributed by atoms with Crippen LogP contribution in [-0.2, 0) is 4.79 Å². The summed E-state index contributed by atoms with van der Waals surface area (Å²) in [5.41, 5.74) is 3.24. The van der Waals surface area contributed by atoms with Crippen LogP contribution in [0.15, 0.2) is 30.4 Å². The summed E-state index contributed by atoms with van der Waals surface area (Å²) < 4.78 is 0. The van der Waals surface area contributed by atoms with Crippen LogP contribution >= 0.6 is 0 Å². The van der Waals surface area contributed by atoms with Crippen LogP contribution in [0, 0.1) is 6.92 Å². The van der Waals surface area contributed by atoms with Crippen molar-refractivity contribution < 1.29 is 4.79 Å². The van der Waals surface area contributed by atoms with Crippen LogP contribution in [0.1, 0.15) is 44.2 Å². The van der Waals surface area contributed by atoms with Crippen LogP contribution < -0.4 is 5.32 Å². The zero-order chi connectivity index (χ0) is 12.8. The Morgan fingerprint density at radius 1 is 1.41 bits per heavy atom. The highest BCUT2D eigenvalue weighted by atomic mass is 16.1. The number of hydrogen-bond acceptors (Lipinski definition) is 1. The van der Waals surface area contributed by atoms with Crippen molar-refractivity contribution in [2.75, 3.05) is 5.32 Å². The highest BCUT2D eigenvalue weighted by molar-refractivity contribution is 5.99. The van der Waals surface area contributed by atoms with Gasteiger partial charge in [0.25, 0.3) is 0 Å². The molecule has 1 aromatic carbocycles. The molecule has 2 nitrogen and oxygen atoms in total. The van der Waals surface area contributed by atoms with Crippen molar-refractivity contribution in [1.82, 2.24) is 0 Å². The lowest BCUT2D eigenvalue weighted by atomic mass is 10.0. The van der Waals surface area contributed by atoms with E-state index in [1.165, 1.54) is 5.56 Å². The summed E-state index contributed by atoms with van der Waals surface area (Å²) in [6.45, 7) is 8.30. The molecule has 17 heavy (non-hydrogen) atoms. The summed E-state index contributed by atoms with van der Waals surface area (Å²) in [6, 6.07) is 6.21. The Morgan fingerprint density at radius 3 is 2.71 bits per heavy atom. The number of allylic oxidation sites excluding steroid dienone is 1. The van der Waals surface area contributed by atoms with Crippen LogP contribution in [-0.4, -0.2) is 5.91 Å². The molecule has 1 N–H and O–H groups in total. The highest BCUT2D eigenvalue weighted by Gasteiger charge is 2.05. The van der Waals surface area contributed by atoms with Gasteiger partial charge in [-0.05, 0) is 42.5 Å². The first-order valence-electron chi connectivity index (χ1n) is 6.12. The molecule has 0 atom stereocenters. The van der Waals surface area contributed by atoms with E-state index in [-0.39, 0.29) is 5.91 Å². The van der Waals surface area contributed by atoms with Crippen LogP contribution in [0.25, 0.3) is 0 Å². The Balaban J connectivity index is 2.86. The van der Waals surface area contributed by atoms with Gasteiger partial charge in [0.05, 0.1) is 0 Å². The van der Waals surface area contributed by atoms with Crippen molar-refractivity contribution >= 4 is 11.6 Å². The van der Waals surface area contributed by atoms with Gasteiger partial charge in [0, 0.05) is 5.69 Å². The Kier molecular flexibility index (Phi) is 4.95. The summed E-state index contributed by atoms with van der Waals surface area (Å²) >= 11 is 0. The number of amides is 1. The van der Waals surface area contributed by atoms with Gasteiger partial charge >= 0.3 is 0 Å². The van der Waals surface area contributed by atoms with Crippen molar-refractivity contribution in [1.29, 1.82) is 0 Å². The van der Waals surface area contributed by atoms with Crippen LogP contribution in [0.4, 0.5) is 5.69 Å². The first-order chi connectivity index (χ1) is 8.04. The Bertz CT molecular complexity index is 419. The van der Waals surface area contributed by atoms with Crippen LogP contribution in [0.2, 0.25) is 0 Å². The molecule has 0 saturated heterocycles. The maximum Gasteiger partial charge on any atom is 0.248 e. The predicted octanol–water partition coefficient (Wildman–Crippen LogP) is 4.02. The number of anilines is 1. The molecule has 0 unspecified atom stereocenters. The molecule has 1 rings (SSSR count).